The molecule has 2 unspecified atom stereocenters. The van der Waals surface area contributed by atoms with Gasteiger partial charge in [-0.1, -0.05) is 13.0 Å². The van der Waals surface area contributed by atoms with Gasteiger partial charge in [-0.05, 0) is 62.7 Å². The quantitative estimate of drug-likeness (QED) is 0.771. The Morgan fingerprint density at radius 3 is 2.85 bits per heavy atom. The van der Waals surface area contributed by atoms with Crippen LogP contribution in [0, 0.1) is 11.8 Å². The van der Waals surface area contributed by atoms with Gasteiger partial charge in [0.1, 0.15) is 5.75 Å². The number of anilines is 1. The molecule has 2 N–H and O–H groups in total. The van der Waals surface area contributed by atoms with Crippen LogP contribution in [0.3, 0.4) is 0 Å². The van der Waals surface area contributed by atoms with Gasteiger partial charge in [-0.25, -0.2) is 0 Å². The summed E-state index contributed by atoms with van der Waals surface area (Å²) in [5.74, 6) is 1.58. The van der Waals surface area contributed by atoms with Crippen LogP contribution >= 0.6 is 0 Å². The number of hydrogen-bond acceptors (Lipinski definition) is 4. The van der Waals surface area contributed by atoms with E-state index >= 15 is 0 Å². The molecule has 1 aromatic rings. The van der Waals surface area contributed by atoms with E-state index < -0.39 is 0 Å². The van der Waals surface area contributed by atoms with Crippen LogP contribution in [0.1, 0.15) is 39.0 Å². The van der Waals surface area contributed by atoms with E-state index in [1.165, 1.54) is 12.8 Å². The average molecular weight is 373 g/mol. The van der Waals surface area contributed by atoms with Crippen LogP contribution in [0.15, 0.2) is 24.3 Å². The first kappa shape index (κ1) is 19.7. The van der Waals surface area contributed by atoms with Crippen LogP contribution in [-0.2, 0) is 9.59 Å². The number of rotatable bonds is 7. The molecular weight excluding hydrogens is 342 g/mol. The first-order chi connectivity index (χ1) is 13.1. The highest BCUT2D eigenvalue weighted by molar-refractivity contribution is 5.91. The Morgan fingerprint density at radius 1 is 1.30 bits per heavy atom. The van der Waals surface area contributed by atoms with Crippen molar-refractivity contribution in [2.75, 3.05) is 38.1 Å². The summed E-state index contributed by atoms with van der Waals surface area (Å²) in [5.41, 5.74) is 0.708. The molecule has 2 amide bonds. The topological polar surface area (TPSA) is 70.7 Å². The van der Waals surface area contributed by atoms with Gasteiger partial charge in [0.2, 0.25) is 5.91 Å². The molecule has 0 aromatic heterocycles. The smallest absolute Gasteiger partial charge is 0.260 e. The highest BCUT2D eigenvalue weighted by atomic mass is 16.5. The summed E-state index contributed by atoms with van der Waals surface area (Å²) < 4.78 is 5.63. The van der Waals surface area contributed by atoms with Crippen LogP contribution in [0.5, 0.6) is 5.75 Å². The van der Waals surface area contributed by atoms with Gasteiger partial charge in [0.15, 0.2) is 6.61 Å². The second kappa shape index (κ2) is 9.74. The predicted octanol–water partition coefficient (Wildman–Crippen LogP) is 2.65. The molecule has 0 spiro atoms. The number of nitrogens with one attached hydrogen (secondary N) is 2. The molecule has 6 nitrogen and oxygen atoms in total. The summed E-state index contributed by atoms with van der Waals surface area (Å²) in [5, 5.41) is 6.37. The number of ether oxygens (including phenoxy) is 1. The van der Waals surface area contributed by atoms with Crippen molar-refractivity contribution in [3.05, 3.63) is 24.3 Å². The second-order valence-corrected chi connectivity index (χ2v) is 7.74. The second-order valence-electron chi connectivity index (χ2n) is 7.74. The maximum Gasteiger partial charge on any atom is 0.260 e. The lowest BCUT2D eigenvalue weighted by molar-refractivity contribution is -0.132. The van der Waals surface area contributed by atoms with E-state index in [0.717, 1.165) is 39.0 Å². The summed E-state index contributed by atoms with van der Waals surface area (Å²) in [7, 11) is 0. The number of likely N-dealkylation sites (tertiary alicyclic amines) is 1. The van der Waals surface area contributed by atoms with Crippen molar-refractivity contribution in [3.8, 4) is 5.75 Å². The SMILES string of the molecule is CC(CC(=O)Nc1cccc(OCC(=O)N2CCCC2)c1)C1CCCNC1. The Morgan fingerprint density at radius 2 is 2.11 bits per heavy atom. The number of carbonyl (C=O) groups excluding carboxylic acids is 2. The molecule has 1 aromatic carbocycles. The summed E-state index contributed by atoms with van der Waals surface area (Å²) in [6.45, 7) is 5.94. The van der Waals surface area contributed by atoms with Gasteiger partial charge in [0.25, 0.3) is 5.91 Å². The van der Waals surface area contributed by atoms with E-state index in [1.54, 1.807) is 6.07 Å². The number of piperidine rings is 1. The van der Waals surface area contributed by atoms with Crippen LogP contribution in [0.4, 0.5) is 5.69 Å². The third kappa shape index (κ3) is 5.96. The lowest BCUT2D eigenvalue weighted by Gasteiger charge is -2.28. The summed E-state index contributed by atoms with van der Waals surface area (Å²) in [6.07, 6.45) is 5.04. The van der Waals surface area contributed by atoms with Crippen molar-refractivity contribution in [2.24, 2.45) is 11.8 Å². The number of nitrogens with zero attached hydrogens (tertiary/aromatic N) is 1. The summed E-state index contributed by atoms with van der Waals surface area (Å²) in [6, 6.07) is 7.27. The Kier molecular flexibility index (Phi) is 7.10. The standard InChI is InChI=1S/C21H31N3O3/c1-16(17-6-5-9-22-14-17)12-20(25)23-18-7-4-8-19(13-18)27-15-21(26)24-10-2-3-11-24/h4,7-8,13,16-17,22H,2-3,5-6,9-12,14-15H2,1H3,(H,23,25). The third-order valence-electron chi connectivity index (χ3n) is 5.59. The summed E-state index contributed by atoms with van der Waals surface area (Å²) >= 11 is 0. The maximum absolute atomic E-state index is 12.4. The van der Waals surface area contributed by atoms with Crippen molar-refractivity contribution >= 4 is 17.5 Å². The van der Waals surface area contributed by atoms with Crippen molar-refractivity contribution in [2.45, 2.75) is 39.0 Å². The molecule has 0 aliphatic carbocycles. The highest BCUT2D eigenvalue weighted by Crippen LogP contribution is 2.24. The maximum atomic E-state index is 12.4. The Balaban J connectivity index is 1.46. The fourth-order valence-electron chi connectivity index (χ4n) is 3.90. The molecule has 2 aliphatic heterocycles. The van der Waals surface area contributed by atoms with Crippen LogP contribution < -0.4 is 15.4 Å². The monoisotopic (exact) mass is 373 g/mol. The first-order valence-corrected chi connectivity index (χ1v) is 10.1. The number of amides is 2. The Labute approximate surface area is 161 Å². The molecule has 0 radical (unpaired) electrons. The zero-order valence-electron chi connectivity index (χ0n) is 16.2. The normalized spacial score (nSPS) is 20.9. The van der Waals surface area contributed by atoms with E-state index in [1.807, 2.05) is 23.1 Å². The van der Waals surface area contributed by atoms with Crippen LogP contribution in [-0.4, -0.2) is 49.5 Å². The Bertz CT molecular complexity index is 637. The van der Waals surface area contributed by atoms with Gasteiger partial charge >= 0.3 is 0 Å². The molecule has 0 bridgehead atoms. The lowest BCUT2D eigenvalue weighted by Crippen LogP contribution is -2.34. The number of carbonyl (C=O) groups is 2. The summed E-state index contributed by atoms with van der Waals surface area (Å²) in [4.78, 5) is 26.3. The molecule has 2 aliphatic rings. The molecule has 2 atom stereocenters. The van der Waals surface area contributed by atoms with Crippen molar-refractivity contribution in [1.82, 2.24) is 10.2 Å². The lowest BCUT2D eigenvalue weighted by atomic mass is 9.85. The molecule has 2 fully saturated rings. The molecule has 0 saturated carbocycles. The molecule has 6 heteroatoms. The predicted molar refractivity (Wildman–Crippen MR) is 106 cm³/mol. The minimum Gasteiger partial charge on any atom is -0.484 e. The zero-order chi connectivity index (χ0) is 19.1. The van der Waals surface area contributed by atoms with E-state index in [-0.39, 0.29) is 18.4 Å². The average Bonchev–Trinajstić information content (AvgIpc) is 3.22. The van der Waals surface area contributed by atoms with Crippen LogP contribution in [0.2, 0.25) is 0 Å². The van der Waals surface area contributed by atoms with Gasteiger partial charge in [0, 0.05) is 31.3 Å². The minimum atomic E-state index is 0.0249. The van der Waals surface area contributed by atoms with Crippen molar-refractivity contribution in [1.29, 1.82) is 0 Å². The van der Waals surface area contributed by atoms with Crippen LogP contribution in [0.25, 0.3) is 0 Å². The molecule has 3 rings (SSSR count). The first-order valence-electron chi connectivity index (χ1n) is 10.1. The van der Waals surface area contributed by atoms with E-state index in [4.69, 9.17) is 4.74 Å². The zero-order valence-corrected chi connectivity index (χ0v) is 16.2. The number of hydrogen-bond donors (Lipinski definition) is 2. The highest BCUT2D eigenvalue weighted by Gasteiger charge is 2.22. The van der Waals surface area contributed by atoms with Gasteiger partial charge < -0.3 is 20.3 Å². The van der Waals surface area contributed by atoms with E-state index in [0.29, 0.717) is 29.7 Å². The molecular formula is C21H31N3O3. The largest absolute Gasteiger partial charge is 0.484 e. The van der Waals surface area contributed by atoms with E-state index in [9.17, 15) is 9.59 Å². The molecule has 2 saturated heterocycles. The minimum absolute atomic E-state index is 0.0249. The Hall–Kier alpha value is -2.08. The van der Waals surface area contributed by atoms with E-state index in [2.05, 4.69) is 17.6 Å². The van der Waals surface area contributed by atoms with Gasteiger partial charge in [0.05, 0.1) is 0 Å². The fraction of sp³-hybridized carbons (Fsp3) is 0.619. The molecule has 2 heterocycles. The molecule has 27 heavy (non-hydrogen) atoms. The fourth-order valence-corrected chi connectivity index (χ4v) is 3.90. The van der Waals surface area contributed by atoms with Crippen molar-refractivity contribution in [3.63, 3.8) is 0 Å². The van der Waals surface area contributed by atoms with Gasteiger partial charge in [-0.3, -0.25) is 9.59 Å². The van der Waals surface area contributed by atoms with Gasteiger partial charge in [-0.15, -0.1) is 0 Å². The number of benzene rings is 1. The van der Waals surface area contributed by atoms with Crippen molar-refractivity contribution < 1.29 is 14.3 Å². The third-order valence-corrected chi connectivity index (χ3v) is 5.59. The molecule has 148 valence electrons. The van der Waals surface area contributed by atoms with Gasteiger partial charge in [-0.2, -0.15) is 0 Å².